The highest BCUT2D eigenvalue weighted by molar-refractivity contribution is 6.39. The Morgan fingerprint density at radius 1 is 1.00 bits per heavy atom. The topological polar surface area (TPSA) is 121 Å². The number of pyridine rings is 2. The molecule has 49 heavy (non-hydrogen) atoms. The highest BCUT2D eigenvalue weighted by Gasteiger charge is 2.36. The van der Waals surface area contributed by atoms with E-state index in [-0.39, 0.29) is 17.5 Å². The van der Waals surface area contributed by atoms with E-state index in [9.17, 15) is 14.7 Å². The molecular formula is C37H36Cl2N6O4. The van der Waals surface area contributed by atoms with Gasteiger partial charge in [0.15, 0.2) is 0 Å². The van der Waals surface area contributed by atoms with Crippen LogP contribution in [0.3, 0.4) is 0 Å². The molecule has 0 unspecified atom stereocenters. The first-order valence-electron chi connectivity index (χ1n) is 16.2. The lowest BCUT2D eigenvalue weighted by molar-refractivity contribution is -0.119. The number of halogens is 2. The van der Waals surface area contributed by atoms with Gasteiger partial charge in [0, 0.05) is 91.0 Å². The molecule has 3 N–H and O–H groups in total. The molecule has 0 spiro atoms. The molecular weight excluding hydrogens is 663 g/mol. The van der Waals surface area contributed by atoms with Gasteiger partial charge >= 0.3 is 0 Å². The molecule has 12 heteroatoms. The predicted octanol–water partition coefficient (Wildman–Crippen LogP) is 5.34. The number of hydrogen-bond donors (Lipinski definition) is 3. The fourth-order valence-electron chi connectivity index (χ4n) is 6.70. The molecule has 2 saturated heterocycles. The second-order valence-corrected chi connectivity index (χ2v) is 13.8. The van der Waals surface area contributed by atoms with Gasteiger partial charge in [-0.05, 0) is 37.1 Å². The van der Waals surface area contributed by atoms with Crippen molar-refractivity contribution in [2.45, 2.75) is 44.5 Å². The van der Waals surface area contributed by atoms with E-state index in [1.54, 1.807) is 19.5 Å². The Kier molecular flexibility index (Phi) is 9.17. The van der Waals surface area contributed by atoms with Crippen LogP contribution in [0.4, 0.5) is 0 Å². The minimum Gasteiger partial charge on any atom is -0.481 e. The minimum absolute atomic E-state index is 0.0626. The molecule has 2 aliphatic heterocycles. The Morgan fingerprint density at radius 2 is 1.71 bits per heavy atom. The molecule has 2 aliphatic rings. The van der Waals surface area contributed by atoms with Gasteiger partial charge in [0.25, 0.3) is 5.56 Å². The number of amides is 1. The fraction of sp³-hybridized carbons (Fsp3) is 0.297. The summed E-state index contributed by atoms with van der Waals surface area (Å²) in [6.07, 6.45) is 4.63. The number of aliphatic hydroxyl groups is 1. The Balaban J connectivity index is 1.13. The lowest BCUT2D eigenvalue weighted by Crippen LogP contribution is -2.59. The van der Waals surface area contributed by atoms with Crippen LogP contribution in [0, 0.1) is 0 Å². The Hall–Kier alpha value is -4.32. The van der Waals surface area contributed by atoms with Gasteiger partial charge in [0.2, 0.25) is 11.8 Å². The summed E-state index contributed by atoms with van der Waals surface area (Å²) >= 11 is 14.2. The first kappa shape index (κ1) is 33.2. The van der Waals surface area contributed by atoms with Gasteiger partial charge in [-0.15, -0.1) is 0 Å². The maximum absolute atomic E-state index is 13.2. The second kappa shape index (κ2) is 13.5. The van der Waals surface area contributed by atoms with E-state index in [0.717, 1.165) is 39.8 Å². The van der Waals surface area contributed by atoms with Gasteiger partial charge in [0.05, 0.1) is 28.5 Å². The summed E-state index contributed by atoms with van der Waals surface area (Å²) in [5.74, 6) is 0.574. The lowest BCUT2D eigenvalue weighted by atomic mass is 9.96. The number of rotatable bonds is 10. The highest BCUT2D eigenvalue weighted by atomic mass is 35.5. The summed E-state index contributed by atoms with van der Waals surface area (Å²) in [7, 11) is 1.60. The zero-order valence-electron chi connectivity index (χ0n) is 27.2. The molecule has 2 fully saturated rings. The van der Waals surface area contributed by atoms with Crippen molar-refractivity contribution in [1.29, 1.82) is 0 Å². The van der Waals surface area contributed by atoms with Crippen molar-refractivity contribution < 1.29 is 14.6 Å². The summed E-state index contributed by atoms with van der Waals surface area (Å²) in [4.78, 5) is 36.2. The number of carbonyl (C=O) groups is 1. The molecule has 0 aliphatic carbocycles. The molecule has 10 nitrogen and oxygen atoms in total. The number of benzene rings is 2. The van der Waals surface area contributed by atoms with Crippen molar-refractivity contribution in [2.75, 3.05) is 26.7 Å². The first-order valence-corrected chi connectivity index (χ1v) is 16.9. The molecule has 3 aromatic heterocycles. The van der Waals surface area contributed by atoms with Crippen molar-refractivity contribution in [1.82, 2.24) is 29.9 Å². The number of carbonyl (C=O) groups excluding carboxylic acids is 1. The van der Waals surface area contributed by atoms with Crippen molar-refractivity contribution >= 4 is 34.8 Å². The summed E-state index contributed by atoms with van der Waals surface area (Å²) < 4.78 is 7.17. The molecule has 0 saturated carbocycles. The average molecular weight is 700 g/mol. The van der Waals surface area contributed by atoms with Crippen LogP contribution in [-0.2, 0) is 17.9 Å². The van der Waals surface area contributed by atoms with E-state index in [4.69, 9.17) is 32.9 Å². The van der Waals surface area contributed by atoms with Crippen LogP contribution in [0.25, 0.3) is 39.2 Å². The Morgan fingerprint density at radius 3 is 2.41 bits per heavy atom. The normalized spacial score (nSPS) is 17.2. The van der Waals surface area contributed by atoms with Crippen molar-refractivity contribution in [3.63, 3.8) is 0 Å². The molecule has 7 rings (SSSR count). The molecule has 252 valence electrons. The summed E-state index contributed by atoms with van der Waals surface area (Å²) in [5.41, 5.74) is 5.65. The quantitative estimate of drug-likeness (QED) is 0.179. The number of ether oxygens (including phenoxy) is 1. The van der Waals surface area contributed by atoms with E-state index in [2.05, 4.69) is 20.5 Å². The number of hydrogen-bond acceptors (Lipinski definition) is 8. The fourth-order valence-corrected chi connectivity index (χ4v) is 7.36. The van der Waals surface area contributed by atoms with Gasteiger partial charge in [-0.25, -0.2) is 9.97 Å². The number of nitrogens with one attached hydrogen (secondary N) is 2. The third kappa shape index (κ3) is 6.79. The van der Waals surface area contributed by atoms with E-state index in [0.29, 0.717) is 72.0 Å². The zero-order valence-corrected chi connectivity index (χ0v) is 28.7. The van der Waals surface area contributed by atoms with Crippen LogP contribution >= 0.6 is 23.2 Å². The monoisotopic (exact) mass is 698 g/mol. The minimum atomic E-state index is -0.655. The number of methoxy groups -OCH3 is 1. The van der Waals surface area contributed by atoms with E-state index in [1.807, 2.05) is 67.6 Å². The lowest BCUT2D eigenvalue weighted by Gasteiger charge is -2.44. The van der Waals surface area contributed by atoms with E-state index >= 15 is 0 Å². The number of aromatic nitrogens is 3. The number of β-amino-alcohol motifs (C(OH)–C–C–N with tert-alkyl or cyclic N) is 1. The van der Waals surface area contributed by atoms with Crippen LogP contribution in [0.5, 0.6) is 5.88 Å². The van der Waals surface area contributed by atoms with Crippen molar-refractivity contribution in [2.24, 2.45) is 0 Å². The largest absolute Gasteiger partial charge is 0.481 e. The molecule has 5 heterocycles. The van der Waals surface area contributed by atoms with Crippen LogP contribution in [0.1, 0.15) is 30.9 Å². The van der Waals surface area contributed by atoms with Gasteiger partial charge in [-0.1, -0.05) is 65.7 Å². The van der Waals surface area contributed by atoms with Gasteiger partial charge in [0.1, 0.15) is 5.65 Å². The van der Waals surface area contributed by atoms with Crippen LogP contribution in [0.15, 0.2) is 77.9 Å². The molecule has 5 aromatic rings. The van der Waals surface area contributed by atoms with E-state index < -0.39 is 5.60 Å². The van der Waals surface area contributed by atoms with Gasteiger partial charge in [-0.2, -0.15) is 0 Å². The Bertz CT molecular complexity index is 2130. The SMILES string of the molecule is COc1nc(-c2cccc(-c3cccc(-c4ccn5c(=O)c(CNC[C@H]6CCC(=O)N6)cnc5c4)c3Cl)c2Cl)ccc1CN1CC(C)(O)C1. The average Bonchev–Trinajstić information content (AvgIpc) is 3.50. The van der Waals surface area contributed by atoms with E-state index in [1.165, 1.54) is 4.40 Å². The Labute approximate surface area is 293 Å². The first-order chi connectivity index (χ1) is 23.6. The number of fused-ring (bicyclic) bond motifs is 1. The maximum Gasteiger partial charge on any atom is 0.262 e. The number of likely N-dealkylation sites (tertiary alicyclic amines) is 1. The highest BCUT2D eigenvalue weighted by Crippen LogP contribution is 2.42. The molecule has 1 amide bonds. The summed E-state index contributed by atoms with van der Waals surface area (Å²) in [6.45, 7) is 4.60. The standard InChI is InChI=1S/C37H36Cl2N6O4/c1-37(48)20-44(21-37)19-23-9-11-30(43-35(23)49-2)29-8-4-7-28(34(29)39)27-6-3-5-26(33(27)38)22-13-14-45-31(15-22)41-17-24(36(45)47)16-40-18-25-10-12-32(46)42-25/h3-9,11,13-15,17,25,40,48H,10,12,16,18-21H2,1-2H3,(H,42,46)/t25-/m1/s1. The third-order valence-electron chi connectivity index (χ3n) is 9.10. The van der Waals surface area contributed by atoms with Crippen LogP contribution in [-0.4, -0.2) is 68.7 Å². The molecule has 1 atom stereocenters. The number of nitrogens with zero attached hydrogens (tertiary/aromatic N) is 4. The predicted molar refractivity (Wildman–Crippen MR) is 191 cm³/mol. The summed E-state index contributed by atoms with van der Waals surface area (Å²) in [5, 5.41) is 17.3. The maximum atomic E-state index is 13.2. The summed E-state index contributed by atoms with van der Waals surface area (Å²) in [6, 6.07) is 19.2. The van der Waals surface area contributed by atoms with Gasteiger partial charge < -0.3 is 20.5 Å². The molecule has 2 aromatic carbocycles. The third-order valence-corrected chi connectivity index (χ3v) is 9.92. The van der Waals surface area contributed by atoms with Crippen LogP contribution < -0.4 is 20.9 Å². The van der Waals surface area contributed by atoms with Crippen LogP contribution in [0.2, 0.25) is 10.0 Å². The zero-order chi connectivity index (χ0) is 34.3. The smallest absolute Gasteiger partial charge is 0.262 e. The van der Waals surface area contributed by atoms with Crippen molar-refractivity contribution in [3.05, 3.63) is 105 Å². The molecule has 0 radical (unpaired) electrons. The molecule has 0 bridgehead atoms. The van der Waals surface area contributed by atoms with Gasteiger partial charge in [-0.3, -0.25) is 18.9 Å². The van der Waals surface area contributed by atoms with Crippen molar-refractivity contribution in [3.8, 4) is 39.4 Å². The second-order valence-electron chi connectivity index (χ2n) is 13.0.